The maximum absolute atomic E-state index is 11.0. The first kappa shape index (κ1) is 11.9. The molecule has 0 rings (SSSR count). The Morgan fingerprint density at radius 3 is 2.77 bits per heavy atom. The fraction of sp³-hybridized carbons (Fsp3) is 0.500. The van der Waals surface area contributed by atoms with E-state index in [0.717, 1.165) is 0 Å². The van der Waals surface area contributed by atoms with E-state index in [1.165, 1.54) is 0 Å². The molecule has 0 aliphatic rings. The first-order valence-electron chi connectivity index (χ1n) is 4.25. The normalized spacial score (nSPS) is 9.31. The van der Waals surface area contributed by atoms with Gasteiger partial charge in [-0.1, -0.05) is 12.7 Å². The summed E-state index contributed by atoms with van der Waals surface area (Å²) in [6, 6.07) is 0. The maximum atomic E-state index is 11.0. The van der Waals surface area contributed by atoms with Gasteiger partial charge in [0.05, 0.1) is 19.8 Å². The summed E-state index contributed by atoms with van der Waals surface area (Å²) in [5.41, 5.74) is 0.450. The van der Waals surface area contributed by atoms with Crippen LogP contribution in [0.2, 0.25) is 0 Å². The van der Waals surface area contributed by atoms with Gasteiger partial charge < -0.3 is 9.47 Å². The van der Waals surface area contributed by atoms with Crippen molar-refractivity contribution < 1.29 is 14.3 Å². The standard InChI is InChI=1S/C10H16O3/c1-4-7-12-8-6-9(3)10(11)13-5-2/h4H,1,3,5-8H2,2H3. The van der Waals surface area contributed by atoms with Crippen LogP contribution < -0.4 is 0 Å². The lowest BCUT2D eigenvalue weighted by Gasteiger charge is -2.04. The zero-order chi connectivity index (χ0) is 10.1. The Balaban J connectivity index is 3.50. The molecule has 0 saturated carbocycles. The molecule has 0 amide bonds. The molecule has 0 aromatic carbocycles. The van der Waals surface area contributed by atoms with Crippen molar-refractivity contribution >= 4 is 5.97 Å². The molecule has 3 heteroatoms. The van der Waals surface area contributed by atoms with Gasteiger partial charge in [-0.25, -0.2) is 4.79 Å². The minimum absolute atomic E-state index is 0.343. The Morgan fingerprint density at radius 1 is 1.54 bits per heavy atom. The van der Waals surface area contributed by atoms with E-state index < -0.39 is 0 Å². The van der Waals surface area contributed by atoms with Gasteiger partial charge in [0.25, 0.3) is 0 Å². The van der Waals surface area contributed by atoms with Crippen LogP contribution in [0.15, 0.2) is 24.8 Å². The van der Waals surface area contributed by atoms with Crippen LogP contribution in [0.5, 0.6) is 0 Å². The number of hydrogen-bond donors (Lipinski definition) is 0. The first-order chi connectivity index (χ1) is 6.22. The Bertz CT molecular complexity index is 185. The Morgan fingerprint density at radius 2 is 2.23 bits per heavy atom. The molecule has 74 valence electrons. The van der Waals surface area contributed by atoms with Gasteiger partial charge in [-0.2, -0.15) is 0 Å². The molecule has 0 saturated heterocycles. The fourth-order valence-electron chi connectivity index (χ4n) is 0.697. The molecule has 3 nitrogen and oxygen atoms in total. The maximum Gasteiger partial charge on any atom is 0.333 e. The molecule has 0 spiro atoms. The topological polar surface area (TPSA) is 35.5 Å². The number of rotatable bonds is 7. The van der Waals surface area contributed by atoms with Crippen LogP contribution in [0.1, 0.15) is 13.3 Å². The summed E-state index contributed by atoms with van der Waals surface area (Å²) in [4.78, 5) is 11.0. The van der Waals surface area contributed by atoms with Crippen molar-refractivity contribution in [3.05, 3.63) is 24.8 Å². The molecule has 0 fully saturated rings. The van der Waals surface area contributed by atoms with Crippen LogP contribution in [0.4, 0.5) is 0 Å². The smallest absolute Gasteiger partial charge is 0.333 e. The van der Waals surface area contributed by atoms with E-state index in [1.807, 2.05) is 0 Å². The van der Waals surface area contributed by atoms with E-state index in [4.69, 9.17) is 9.47 Å². The van der Waals surface area contributed by atoms with Crippen molar-refractivity contribution in [2.24, 2.45) is 0 Å². The van der Waals surface area contributed by atoms with E-state index in [1.54, 1.807) is 13.0 Å². The molecule has 13 heavy (non-hydrogen) atoms. The second-order valence-corrected chi connectivity index (χ2v) is 2.44. The van der Waals surface area contributed by atoms with Gasteiger partial charge in [0, 0.05) is 12.0 Å². The number of hydrogen-bond acceptors (Lipinski definition) is 3. The number of carbonyl (C=O) groups is 1. The van der Waals surface area contributed by atoms with Gasteiger partial charge in [-0.3, -0.25) is 0 Å². The monoisotopic (exact) mass is 184 g/mol. The van der Waals surface area contributed by atoms with Gasteiger partial charge >= 0.3 is 5.97 Å². The number of ether oxygens (including phenoxy) is 2. The summed E-state index contributed by atoms with van der Waals surface area (Å²) < 4.78 is 9.84. The molecule has 0 radical (unpaired) electrons. The second kappa shape index (κ2) is 7.55. The van der Waals surface area contributed by atoms with Gasteiger partial charge in [-0.15, -0.1) is 6.58 Å². The van der Waals surface area contributed by atoms with Gasteiger partial charge in [-0.05, 0) is 6.92 Å². The lowest BCUT2D eigenvalue weighted by Crippen LogP contribution is -2.08. The van der Waals surface area contributed by atoms with Crippen LogP contribution in [0.25, 0.3) is 0 Å². The number of carbonyl (C=O) groups excluding carboxylic acids is 1. The fourth-order valence-corrected chi connectivity index (χ4v) is 0.697. The van der Waals surface area contributed by atoms with Crippen molar-refractivity contribution in [2.75, 3.05) is 19.8 Å². The molecule has 0 aliphatic carbocycles. The van der Waals surface area contributed by atoms with E-state index in [2.05, 4.69) is 13.2 Å². The summed E-state index contributed by atoms with van der Waals surface area (Å²) >= 11 is 0. The minimum atomic E-state index is -0.343. The third kappa shape index (κ3) is 6.11. The zero-order valence-corrected chi connectivity index (χ0v) is 8.04. The van der Waals surface area contributed by atoms with Crippen LogP contribution in [-0.2, 0) is 14.3 Å². The van der Waals surface area contributed by atoms with Gasteiger partial charge in [0.15, 0.2) is 0 Å². The highest BCUT2D eigenvalue weighted by Gasteiger charge is 2.06. The van der Waals surface area contributed by atoms with Crippen LogP contribution in [0, 0.1) is 0 Å². The summed E-state index contributed by atoms with van der Waals surface area (Å²) in [6.45, 7) is 10.2. The average molecular weight is 184 g/mol. The predicted molar refractivity (Wildman–Crippen MR) is 51.4 cm³/mol. The van der Waals surface area contributed by atoms with Crippen molar-refractivity contribution in [3.8, 4) is 0 Å². The molecule has 0 bridgehead atoms. The number of esters is 1. The second-order valence-electron chi connectivity index (χ2n) is 2.44. The molecule has 0 aromatic heterocycles. The van der Waals surface area contributed by atoms with Gasteiger partial charge in [0.2, 0.25) is 0 Å². The van der Waals surface area contributed by atoms with E-state index in [0.29, 0.717) is 31.8 Å². The zero-order valence-electron chi connectivity index (χ0n) is 8.04. The minimum Gasteiger partial charge on any atom is -0.463 e. The van der Waals surface area contributed by atoms with Gasteiger partial charge in [0.1, 0.15) is 0 Å². The Labute approximate surface area is 79.0 Å². The molecule has 0 N–H and O–H groups in total. The molecule has 0 aromatic rings. The SMILES string of the molecule is C=CCOCCC(=C)C(=O)OCC. The van der Waals surface area contributed by atoms with Crippen molar-refractivity contribution in [1.29, 1.82) is 0 Å². The van der Waals surface area contributed by atoms with E-state index in [-0.39, 0.29) is 5.97 Å². The van der Waals surface area contributed by atoms with Crippen LogP contribution >= 0.6 is 0 Å². The van der Waals surface area contributed by atoms with Crippen LogP contribution in [-0.4, -0.2) is 25.8 Å². The summed E-state index contributed by atoms with van der Waals surface area (Å²) in [5.74, 6) is -0.343. The highest BCUT2D eigenvalue weighted by Crippen LogP contribution is 2.01. The third-order valence-corrected chi connectivity index (χ3v) is 1.35. The van der Waals surface area contributed by atoms with Crippen molar-refractivity contribution in [1.82, 2.24) is 0 Å². The summed E-state index contributed by atoms with van der Waals surface area (Å²) in [5, 5.41) is 0. The lowest BCUT2D eigenvalue weighted by atomic mass is 10.2. The Kier molecular flexibility index (Phi) is 6.92. The highest BCUT2D eigenvalue weighted by molar-refractivity contribution is 5.87. The first-order valence-corrected chi connectivity index (χ1v) is 4.25. The average Bonchev–Trinajstić information content (AvgIpc) is 2.12. The molecule has 0 atom stereocenters. The lowest BCUT2D eigenvalue weighted by molar-refractivity contribution is -0.138. The molecule has 0 heterocycles. The Hall–Kier alpha value is -1.09. The van der Waals surface area contributed by atoms with Crippen LogP contribution in [0.3, 0.4) is 0 Å². The molecule has 0 unspecified atom stereocenters. The largest absolute Gasteiger partial charge is 0.463 e. The summed E-state index contributed by atoms with van der Waals surface area (Å²) in [7, 11) is 0. The third-order valence-electron chi connectivity index (χ3n) is 1.35. The van der Waals surface area contributed by atoms with Crippen molar-refractivity contribution in [3.63, 3.8) is 0 Å². The summed E-state index contributed by atoms with van der Waals surface area (Å²) in [6.07, 6.45) is 2.17. The molecular formula is C10H16O3. The van der Waals surface area contributed by atoms with E-state index >= 15 is 0 Å². The molecule has 0 aliphatic heterocycles. The van der Waals surface area contributed by atoms with Crippen molar-refractivity contribution in [2.45, 2.75) is 13.3 Å². The highest BCUT2D eigenvalue weighted by atomic mass is 16.5. The van der Waals surface area contributed by atoms with E-state index in [9.17, 15) is 4.79 Å². The predicted octanol–water partition coefficient (Wildman–Crippen LogP) is 1.70. The quantitative estimate of drug-likeness (QED) is 0.261. The molecular weight excluding hydrogens is 168 g/mol.